The van der Waals surface area contributed by atoms with Crippen LogP contribution in [0, 0.1) is 5.92 Å². The molecule has 0 aromatic heterocycles. The van der Waals surface area contributed by atoms with Crippen LogP contribution in [0.5, 0.6) is 0 Å². The quantitative estimate of drug-likeness (QED) is 0.692. The number of unbranched alkanes of at least 4 members (excludes halogenated alkanes) is 2. The summed E-state index contributed by atoms with van der Waals surface area (Å²) in [5.41, 5.74) is 1.35. The van der Waals surface area contributed by atoms with E-state index < -0.39 is 5.97 Å². The lowest BCUT2D eigenvalue weighted by Gasteiger charge is -2.29. The molecule has 1 aromatic carbocycles. The molecule has 4 nitrogen and oxygen atoms in total. The normalized spacial score (nSPS) is 18.1. The summed E-state index contributed by atoms with van der Waals surface area (Å²) in [4.78, 5) is 12.7. The van der Waals surface area contributed by atoms with E-state index in [0.29, 0.717) is 6.42 Å². The standard InChI is InChI=1S/C12H22O2.C10H14N2/c13-12(14)10-6-2-5-9-11-7-3-1-4-8-11;1-2-4-10(5-3-1)12-8-6-11-7-9-12/h11H,1-10H2,(H,13,14);1-5,11H,6-9H2. The first kappa shape index (κ1) is 20.8. The third-order valence-electron chi connectivity index (χ3n) is 5.47. The largest absolute Gasteiger partial charge is 0.481 e. The van der Waals surface area contributed by atoms with Gasteiger partial charge in [-0.2, -0.15) is 0 Å². The summed E-state index contributed by atoms with van der Waals surface area (Å²) in [7, 11) is 0. The first-order valence-corrected chi connectivity index (χ1v) is 10.5. The Bertz CT molecular complexity index is 480. The summed E-state index contributed by atoms with van der Waals surface area (Å²) in [5.74, 6) is 0.302. The maximum atomic E-state index is 10.3. The molecule has 2 N–H and O–H groups in total. The van der Waals surface area contributed by atoms with Crippen molar-refractivity contribution in [1.29, 1.82) is 0 Å². The number of nitrogens with zero attached hydrogens (tertiary/aromatic N) is 1. The van der Waals surface area contributed by atoms with Gasteiger partial charge in [0.15, 0.2) is 0 Å². The van der Waals surface area contributed by atoms with Gasteiger partial charge in [-0.1, -0.05) is 69.6 Å². The number of nitrogens with one attached hydrogen (secondary N) is 1. The van der Waals surface area contributed by atoms with Gasteiger partial charge in [-0.05, 0) is 24.5 Å². The molecule has 1 heterocycles. The smallest absolute Gasteiger partial charge is 0.303 e. The second-order valence-corrected chi connectivity index (χ2v) is 7.57. The van der Waals surface area contributed by atoms with Crippen molar-refractivity contribution in [3.05, 3.63) is 30.3 Å². The number of carbonyl (C=O) groups is 1. The number of hydrogen-bond donors (Lipinski definition) is 2. The highest BCUT2D eigenvalue weighted by Gasteiger charge is 2.12. The summed E-state index contributed by atoms with van der Waals surface area (Å²) in [5, 5.41) is 11.8. The Kier molecular flexibility index (Phi) is 10.2. The molecular weight excluding hydrogens is 324 g/mol. The zero-order chi connectivity index (χ0) is 18.5. The molecule has 0 bridgehead atoms. The number of anilines is 1. The predicted molar refractivity (Wildman–Crippen MR) is 109 cm³/mol. The minimum Gasteiger partial charge on any atom is -0.481 e. The van der Waals surface area contributed by atoms with Crippen LogP contribution in [0.15, 0.2) is 30.3 Å². The van der Waals surface area contributed by atoms with Gasteiger partial charge in [-0.15, -0.1) is 0 Å². The van der Waals surface area contributed by atoms with E-state index in [-0.39, 0.29) is 0 Å². The van der Waals surface area contributed by atoms with Gasteiger partial charge >= 0.3 is 5.97 Å². The Hall–Kier alpha value is -1.55. The van der Waals surface area contributed by atoms with E-state index in [1.807, 2.05) is 0 Å². The third kappa shape index (κ3) is 8.70. The maximum Gasteiger partial charge on any atom is 0.303 e. The highest BCUT2D eigenvalue weighted by atomic mass is 16.4. The lowest BCUT2D eigenvalue weighted by atomic mass is 9.85. The van der Waals surface area contributed by atoms with Gasteiger partial charge in [0.05, 0.1) is 0 Å². The zero-order valence-corrected chi connectivity index (χ0v) is 16.2. The van der Waals surface area contributed by atoms with Crippen LogP contribution in [0.3, 0.4) is 0 Å². The van der Waals surface area contributed by atoms with Crippen LogP contribution in [0.25, 0.3) is 0 Å². The number of carboxylic acids is 1. The summed E-state index contributed by atoms with van der Waals surface area (Å²) < 4.78 is 0. The first-order valence-electron chi connectivity index (χ1n) is 10.5. The average Bonchev–Trinajstić information content (AvgIpc) is 2.70. The molecule has 0 amide bonds. The zero-order valence-electron chi connectivity index (χ0n) is 16.2. The summed E-state index contributed by atoms with van der Waals surface area (Å²) in [6, 6.07) is 10.6. The number of piperazine rings is 1. The van der Waals surface area contributed by atoms with Crippen LogP contribution in [0.1, 0.15) is 64.2 Å². The Balaban J connectivity index is 0.000000189. The molecule has 0 unspecified atom stereocenters. The van der Waals surface area contributed by atoms with Gasteiger partial charge in [-0.25, -0.2) is 0 Å². The van der Waals surface area contributed by atoms with Gasteiger partial charge in [0.25, 0.3) is 0 Å². The minimum atomic E-state index is -0.650. The van der Waals surface area contributed by atoms with Gasteiger partial charge in [0.1, 0.15) is 0 Å². The first-order chi connectivity index (χ1) is 12.8. The number of rotatable bonds is 7. The highest BCUT2D eigenvalue weighted by Crippen LogP contribution is 2.27. The SMILES string of the molecule is O=C(O)CCCCCC1CCCCC1.c1ccc(N2CCNCC2)cc1. The Morgan fingerprint density at radius 2 is 1.69 bits per heavy atom. The number of carboxylic acid groups (broad SMARTS) is 1. The summed E-state index contributed by atoms with van der Waals surface area (Å²) in [6.07, 6.45) is 12.0. The molecule has 2 aliphatic rings. The molecule has 0 atom stereocenters. The summed E-state index contributed by atoms with van der Waals surface area (Å²) in [6.45, 7) is 4.47. The van der Waals surface area contributed by atoms with Gasteiger partial charge in [-0.3, -0.25) is 4.79 Å². The van der Waals surface area contributed by atoms with E-state index in [1.54, 1.807) is 0 Å². The van der Waals surface area contributed by atoms with E-state index >= 15 is 0 Å². The van der Waals surface area contributed by atoms with Gasteiger partial charge in [0, 0.05) is 38.3 Å². The fraction of sp³-hybridized carbons (Fsp3) is 0.682. The van der Waals surface area contributed by atoms with Crippen LogP contribution in [-0.4, -0.2) is 37.3 Å². The summed E-state index contributed by atoms with van der Waals surface area (Å²) >= 11 is 0. The second kappa shape index (κ2) is 12.7. The second-order valence-electron chi connectivity index (χ2n) is 7.57. The van der Waals surface area contributed by atoms with Crippen molar-refractivity contribution in [3.63, 3.8) is 0 Å². The number of aliphatic carboxylic acids is 1. The Morgan fingerprint density at radius 1 is 1.00 bits per heavy atom. The van der Waals surface area contributed by atoms with Crippen molar-refractivity contribution in [2.45, 2.75) is 64.2 Å². The molecule has 1 saturated heterocycles. The number of para-hydroxylation sites is 1. The average molecular weight is 361 g/mol. The lowest BCUT2D eigenvalue weighted by Crippen LogP contribution is -2.43. The van der Waals surface area contributed by atoms with Gasteiger partial charge in [0.2, 0.25) is 0 Å². The molecule has 0 spiro atoms. The molecule has 1 aromatic rings. The van der Waals surface area contributed by atoms with Crippen molar-refractivity contribution < 1.29 is 9.90 Å². The lowest BCUT2D eigenvalue weighted by molar-refractivity contribution is -0.137. The van der Waals surface area contributed by atoms with E-state index in [9.17, 15) is 4.79 Å². The van der Waals surface area contributed by atoms with Crippen molar-refractivity contribution in [3.8, 4) is 0 Å². The van der Waals surface area contributed by atoms with Crippen molar-refractivity contribution >= 4 is 11.7 Å². The predicted octanol–water partition coefficient (Wildman–Crippen LogP) is 4.70. The molecule has 0 radical (unpaired) electrons. The van der Waals surface area contributed by atoms with Crippen LogP contribution in [-0.2, 0) is 4.79 Å². The van der Waals surface area contributed by atoms with Crippen molar-refractivity contribution in [2.75, 3.05) is 31.1 Å². The van der Waals surface area contributed by atoms with Crippen molar-refractivity contribution in [1.82, 2.24) is 5.32 Å². The van der Waals surface area contributed by atoms with E-state index in [1.165, 1.54) is 50.6 Å². The molecule has 146 valence electrons. The molecule has 3 rings (SSSR count). The number of hydrogen-bond acceptors (Lipinski definition) is 3. The highest BCUT2D eigenvalue weighted by molar-refractivity contribution is 5.66. The van der Waals surface area contributed by atoms with Crippen LogP contribution in [0.4, 0.5) is 5.69 Å². The van der Waals surface area contributed by atoms with Crippen LogP contribution >= 0.6 is 0 Å². The molecule has 2 fully saturated rings. The fourth-order valence-electron chi connectivity index (χ4n) is 3.92. The molecule has 4 heteroatoms. The molecular formula is C22H36N2O2. The van der Waals surface area contributed by atoms with Gasteiger partial charge < -0.3 is 15.3 Å². The van der Waals surface area contributed by atoms with Crippen molar-refractivity contribution in [2.24, 2.45) is 5.92 Å². The molecule has 26 heavy (non-hydrogen) atoms. The maximum absolute atomic E-state index is 10.3. The fourth-order valence-corrected chi connectivity index (χ4v) is 3.92. The Morgan fingerprint density at radius 3 is 2.35 bits per heavy atom. The van der Waals surface area contributed by atoms with E-state index in [4.69, 9.17) is 5.11 Å². The van der Waals surface area contributed by atoms with E-state index in [0.717, 1.165) is 44.9 Å². The minimum absolute atomic E-state index is 0.352. The molecule has 1 aliphatic carbocycles. The van der Waals surface area contributed by atoms with Crippen LogP contribution in [0.2, 0.25) is 0 Å². The third-order valence-corrected chi connectivity index (χ3v) is 5.47. The monoisotopic (exact) mass is 360 g/mol. The molecule has 1 saturated carbocycles. The van der Waals surface area contributed by atoms with Crippen LogP contribution < -0.4 is 10.2 Å². The number of benzene rings is 1. The molecule has 1 aliphatic heterocycles. The Labute approximate surface area is 159 Å². The topological polar surface area (TPSA) is 52.6 Å². The van der Waals surface area contributed by atoms with E-state index in [2.05, 4.69) is 40.5 Å².